The summed E-state index contributed by atoms with van der Waals surface area (Å²) in [7, 11) is 0. The molecule has 2 aromatic rings. The van der Waals surface area contributed by atoms with Crippen LogP contribution in [0.2, 0.25) is 0 Å². The molecule has 1 saturated heterocycles. The minimum absolute atomic E-state index is 0.107. The second kappa shape index (κ2) is 7.81. The lowest BCUT2D eigenvalue weighted by Gasteiger charge is -2.30. The molecule has 1 fully saturated rings. The molecule has 8 nitrogen and oxygen atoms in total. The molecule has 1 aliphatic heterocycles. The summed E-state index contributed by atoms with van der Waals surface area (Å²) in [5.41, 5.74) is 1.63. The van der Waals surface area contributed by atoms with Crippen LogP contribution in [-0.4, -0.2) is 46.0 Å². The van der Waals surface area contributed by atoms with Gasteiger partial charge in [-0.05, 0) is 37.1 Å². The third-order valence-corrected chi connectivity index (χ3v) is 4.38. The molecule has 0 bridgehead atoms. The Balaban J connectivity index is 1.54. The zero-order valence-corrected chi connectivity index (χ0v) is 14.1. The van der Waals surface area contributed by atoms with Gasteiger partial charge in [-0.3, -0.25) is 14.4 Å². The number of carbonyl (C=O) groups excluding carboxylic acids is 2. The summed E-state index contributed by atoms with van der Waals surface area (Å²) < 4.78 is 4.68. The molecule has 2 N–H and O–H groups in total. The van der Waals surface area contributed by atoms with Gasteiger partial charge in [-0.25, -0.2) is 0 Å². The number of amides is 2. The lowest BCUT2D eigenvalue weighted by Crippen LogP contribution is -2.40. The topological polar surface area (TPSA) is 113 Å². The number of anilines is 1. The number of nitrogens with zero attached hydrogens (tertiary/aromatic N) is 2. The molecule has 0 aliphatic carbocycles. The van der Waals surface area contributed by atoms with Gasteiger partial charge in [-0.1, -0.05) is 5.16 Å². The standard InChI is InChI=1S/C18H19N3O5/c22-16(11-15-7-10-26-20-15)19-14-3-1-12(2-4-14)17(23)21-8-5-13(6-9-21)18(24)25/h1-4,7,10,13H,5-6,8-9,11H2,(H,19,22)(H,24,25). The molecule has 1 aromatic carbocycles. The first-order valence-electron chi connectivity index (χ1n) is 8.34. The maximum Gasteiger partial charge on any atom is 0.306 e. The van der Waals surface area contributed by atoms with E-state index in [1.54, 1.807) is 35.2 Å². The summed E-state index contributed by atoms with van der Waals surface area (Å²) in [6.07, 6.45) is 2.45. The van der Waals surface area contributed by atoms with Gasteiger partial charge in [-0.2, -0.15) is 0 Å². The Morgan fingerprint density at radius 3 is 2.42 bits per heavy atom. The van der Waals surface area contributed by atoms with Gasteiger partial charge < -0.3 is 19.8 Å². The number of likely N-dealkylation sites (tertiary alicyclic amines) is 1. The van der Waals surface area contributed by atoms with Gasteiger partial charge in [0.05, 0.1) is 18.0 Å². The average Bonchev–Trinajstić information content (AvgIpc) is 3.14. The van der Waals surface area contributed by atoms with E-state index in [1.807, 2.05) is 0 Å². The van der Waals surface area contributed by atoms with E-state index in [-0.39, 0.29) is 24.2 Å². The van der Waals surface area contributed by atoms with Crippen molar-refractivity contribution in [3.05, 3.63) is 47.9 Å². The van der Waals surface area contributed by atoms with Gasteiger partial charge in [0.1, 0.15) is 6.26 Å². The molecule has 0 atom stereocenters. The fourth-order valence-electron chi connectivity index (χ4n) is 2.91. The third kappa shape index (κ3) is 4.27. The van der Waals surface area contributed by atoms with Crippen molar-refractivity contribution < 1.29 is 24.0 Å². The largest absolute Gasteiger partial charge is 0.481 e. The highest BCUT2D eigenvalue weighted by atomic mass is 16.5. The van der Waals surface area contributed by atoms with Crippen LogP contribution in [0.5, 0.6) is 0 Å². The molecule has 1 aliphatic rings. The molecule has 0 saturated carbocycles. The number of aliphatic carboxylic acids is 1. The highest BCUT2D eigenvalue weighted by Crippen LogP contribution is 2.20. The highest BCUT2D eigenvalue weighted by molar-refractivity contribution is 5.96. The van der Waals surface area contributed by atoms with Crippen LogP contribution in [0.15, 0.2) is 41.1 Å². The first-order chi connectivity index (χ1) is 12.5. The van der Waals surface area contributed by atoms with E-state index in [2.05, 4.69) is 15.0 Å². The van der Waals surface area contributed by atoms with E-state index < -0.39 is 5.97 Å². The Labute approximate surface area is 149 Å². The predicted octanol–water partition coefficient (Wildman–Crippen LogP) is 1.79. The molecule has 0 unspecified atom stereocenters. The number of hydrogen-bond donors (Lipinski definition) is 2. The maximum atomic E-state index is 12.5. The van der Waals surface area contributed by atoms with Gasteiger partial charge >= 0.3 is 5.97 Å². The first kappa shape index (κ1) is 17.7. The van der Waals surface area contributed by atoms with E-state index >= 15 is 0 Å². The summed E-state index contributed by atoms with van der Waals surface area (Å²) in [6, 6.07) is 8.25. The number of nitrogens with one attached hydrogen (secondary N) is 1. The summed E-state index contributed by atoms with van der Waals surface area (Å²) in [4.78, 5) is 37.1. The van der Waals surface area contributed by atoms with Crippen LogP contribution in [0.4, 0.5) is 5.69 Å². The summed E-state index contributed by atoms with van der Waals surface area (Å²) >= 11 is 0. The Morgan fingerprint density at radius 2 is 1.85 bits per heavy atom. The van der Waals surface area contributed by atoms with Crippen LogP contribution in [0.3, 0.4) is 0 Å². The summed E-state index contributed by atoms with van der Waals surface area (Å²) in [5, 5.41) is 15.4. The molecular weight excluding hydrogens is 338 g/mol. The minimum atomic E-state index is -0.803. The normalized spacial score (nSPS) is 14.8. The molecular formula is C18H19N3O5. The molecule has 2 amide bonds. The van der Waals surface area contributed by atoms with Crippen LogP contribution in [0, 0.1) is 5.92 Å². The fourth-order valence-corrected chi connectivity index (χ4v) is 2.91. The van der Waals surface area contributed by atoms with E-state index in [1.165, 1.54) is 6.26 Å². The van der Waals surface area contributed by atoms with Crippen molar-refractivity contribution in [1.29, 1.82) is 0 Å². The predicted molar refractivity (Wildman–Crippen MR) is 91.5 cm³/mol. The van der Waals surface area contributed by atoms with E-state index in [4.69, 9.17) is 5.11 Å². The van der Waals surface area contributed by atoms with Crippen molar-refractivity contribution >= 4 is 23.5 Å². The summed E-state index contributed by atoms with van der Waals surface area (Å²) in [5.74, 6) is -1.53. The van der Waals surface area contributed by atoms with Crippen LogP contribution < -0.4 is 5.32 Å². The maximum absolute atomic E-state index is 12.5. The number of piperidine rings is 1. The number of carboxylic acids is 1. The summed E-state index contributed by atoms with van der Waals surface area (Å²) in [6.45, 7) is 0.873. The van der Waals surface area contributed by atoms with Crippen molar-refractivity contribution in [1.82, 2.24) is 10.1 Å². The van der Waals surface area contributed by atoms with Crippen LogP contribution in [-0.2, 0) is 16.0 Å². The van der Waals surface area contributed by atoms with Crippen LogP contribution in [0.25, 0.3) is 0 Å². The quantitative estimate of drug-likeness (QED) is 0.843. The molecule has 3 rings (SSSR count). The fraction of sp³-hybridized carbons (Fsp3) is 0.333. The van der Waals surface area contributed by atoms with Crippen molar-refractivity contribution in [2.45, 2.75) is 19.3 Å². The lowest BCUT2D eigenvalue weighted by molar-refractivity contribution is -0.143. The van der Waals surface area contributed by atoms with Gasteiger partial charge in [0.25, 0.3) is 5.91 Å². The van der Waals surface area contributed by atoms with Crippen LogP contribution >= 0.6 is 0 Å². The molecule has 1 aromatic heterocycles. The Hall–Kier alpha value is -3.16. The van der Waals surface area contributed by atoms with Crippen molar-refractivity contribution in [2.24, 2.45) is 5.92 Å². The number of aromatic nitrogens is 1. The smallest absolute Gasteiger partial charge is 0.306 e. The Bertz CT molecular complexity index is 778. The SMILES string of the molecule is O=C(Cc1ccon1)Nc1ccc(C(=O)N2CCC(C(=O)O)CC2)cc1. The monoisotopic (exact) mass is 357 g/mol. The average molecular weight is 357 g/mol. The van der Waals surface area contributed by atoms with E-state index in [0.29, 0.717) is 42.9 Å². The molecule has 8 heteroatoms. The second-order valence-corrected chi connectivity index (χ2v) is 6.20. The van der Waals surface area contributed by atoms with E-state index in [9.17, 15) is 14.4 Å². The van der Waals surface area contributed by atoms with Gasteiger partial charge in [0.2, 0.25) is 5.91 Å². The number of benzene rings is 1. The molecule has 136 valence electrons. The molecule has 26 heavy (non-hydrogen) atoms. The number of hydrogen-bond acceptors (Lipinski definition) is 5. The van der Waals surface area contributed by atoms with Crippen molar-refractivity contribution in [3.8, 4) is 0 Å². The van der Waals surface area contributed by atoms with E-state index in [0.717, 1.165) is 0 Å². The molecule has 0 radical (unpaired) electrons. The highest BCUT2D eigenvalue weighted by Gasteiger charge is 2.27. The van der Waals surface area contributed by atoms with Gasteiger partial charge in [0, 0.05) is 30.4 Å². The second-order valence-electron chi connectivity index (χ2n) is 6.20. The third-order valence-electron chi connectivity index (χ3n) is 4.38. The van der Waals surface area contributed by atoms with Gasteiger partial charge in [0.15, 0.2) is 0 Å². The van der Waals surface area contributed by atoms with Gasteiger partial charge in [-0.15, -0.1) is 0 Å². The van der Waals surface area contributed by atoms with Crippen molar-refractivity contribution in [2.75, 3.05) is 18.4 Å². The number of rotatable bonds is 5. The minimum Gasteiger partial charge on any atom is -0.481 e. The first-order valence-corrected chi connectivity index (χ1v) is 8.34. The zero-order valence-electron chi connectivity index (χ0n) is 14.1. The number of carbonyl (C=O) groups is 3. The number of carboxylic acid groups (broad SMARTS) is 1. The Morgan fingerprint density at radius 1 is 1.15 bits per heavy atom. The lowest BCUT2D eigenvalue weighted by atomic mass is 9.96. The zero-order chi connectivity index (χ0) is 18.5. The van der Waals surface area contributed by atoms with Crippen molar-refractivity contribution in [3.63, 3.8) is 0 Å². The van der Waals surface area contributed by atoms with Crippen LogP contribution in [0.1, 0.15) is 28.9 Å². The molecule has 0 spiro atoms. The molecule has 2 heterocycles. The Kier molecular flexibility index (Phi) is 5.31.